The van der Waals surface area contributed by atoms with Gasteiger partial charge in [-0.15, -0.1) is 11.6 Å². The first-order valence-corrected chi connectivity index (χ1v) is 3.84. The van der Waals surface area contributed by atoms with Crippen LogP contribution in [0.4, 0.5) is 0 Å². The maximum Gasteiger partial charge on any atom is 0.0547 e. The topological polar surface area (TPSA) is 17.8 Å². The Morgan fingerprint density at radius 2 is 2.30 bits per heavy atom. The van der Waals surface area contributed by atoms with E-state index < -0.39 is 0 Å². The van der Waals surface area contributed by atoms with E-state index in [2.05, 4.69) is 12.0 Å². The molecule has 0 aliphatic carbocycles. The van der Waals surface area contributed by atoms with Gasteiger partial charge in [0.1, 0.15) is 0 Å². The van der Waals surface area contributed by atoms with Gasteiger partial charge in [-0.25, -0.2) is 0 Å². The number of aromatic nitrogens is 2. The van der Waals surface area contributed by atoms with Crippen LogP contribution >= 0.6 is 11.6 Å². The van der Waals surface area contributed by atoms with E-state index in [1.165, 1.54) is 11.3 Å². The summed E-state index contributed by atoms with van der Waals surface area (Å²) in [6.07, 6.45) is 1.86. The number of hydrogen-bond acceptors (Lipinski definition) is 1. The van der Waals surface area contributed by atoms with Gasteiger partial charge in [-0.2, -0.15) is 5.10 Å². The molecule has 1 aromatic rings. The van der Waals surface area contributed by atoms with Gasteiger partial charge in [-0.05, 0) is 19.4 Å². The summed E-state index contributed by atoms with van der Waals surface area (Å²) in [6, 6.07) is 0. The Bertz CT molecular complexity index is 217. The average molecular weight is 159 g/mol. The lowest BCUT2D eigenvalue weighted by Crippen LogP contribution is -2.02. The van der Waals surface area contributed by atoms with Crippen molar-refractivity contribution in [3.8, 4) is 0 Å². The minimum absolute atomic E-state index is 0.627. The summed E-state index contributed by atoms with van der Waals surface area (Å²) in [5.74, 6) is 0.627. The maximum atomic E-state index is 5.56. The molecule has 0 unspecified atom stereocenters. The molecule has 1 aromatic heterocycles. The zero-order chi connectivity index (χ0) is 7.56. The molecule has 10 heavy (non-hydrogen) atoms. The summed E-state index contributed by atoms with van der Waals surface area (Å²) >= 11 is 5.56. The molecule has 2 nitrogen and oxygen atoms in total. The van der Waals surface area contributed by atoms with Crippen molar-refractivity contribution in [3.05, 3.63) is 17.5 Å². The minimum Gasteiger partial charge on any atom is -0.268 e. The molecule has 1 heterocycles. The Labute approximate surface area is 65.8 Å². The van der Waals surface area contributed by atoms with Crippen LogP contribution in [0.2, 0.25) is 0 Å². The normalized spacial score (nSPS) is 10.3. The average Bonchev–Trinajstić information content (AvgIpc) is 2.20. The number of alkyl halides is 1. The van der Waals surface area contributed by atoms with E-state index in [4.69, 9.17) is 11.6 Å². The van der Waals surface area contributed by atoms with Crippen molar-refractivity contribution in [2.24, 2.45) is 0 Å². The van der Waals surface area contributed by atoms with Crippen LogP contribution in [0.3, 0.4) is 0 Å². The lowest BCUT2D eigenvalue weighted by molar-refractivity contribution is 0.643. The molecule has 0 atom stereocenters. The molecule has 3 heteroatoms. The second kappa shape index (κ2) is 3.06. The number of halogens is 1. The van der Waals surface area contributed by atoms with Gasteiger partial charge in [0.2, 0.25) is 0 Å². The third-order valence-electron chi connectivity index (χ3n) is 1.64. The van der Waals surface area contributed by atoms with E-state index in [9.17, 15) is 0 Å². The van der Waals surface area contributed by atoms with Crippen LogP contribution in [-0.4, -0.2) is 15.7 Å². The quantitative estimate of drug-likeness (QED) is 0.600. The second-order valence-corrected chi connectivity index (χ2v) is 2.70. The van der Waals surface area contributed by atoms with Gasteiger partial charge in [0.25, 0.3) is 0 Å². The Balaban J connectivity index is 2.83. The Kier molecular flexibility index (Phi) is 2.33. The molecular formula is C7H11ClN2. The predicted octanol–water partition coefficient (Wildman–Crippen LogP) is 1.74. The summed E-state index contributed by atoms with van der Waals surface area (Å²) in [5, 5.41) is 4.14. The zero-order valence-corrected chi connectivity index (χ0v) is 7.02. The highest BCUT2D eigenvalue weighted by Gasteiger charge is 1.99. The monoisotopic (exact) mass is 158 g/mol. The molecule has 0 spiro atoms. The minimum atomic E-state index is 0.627. The first kappa shape index (κ1) is 7.61. The van der Waals surface area contributed by atoms with Gasteiger partial charge < -0.3 is 0 Å². The van der Waals surface area contributed by atoms with Crippen molar-refractivity contribution in [3.63, 3.8) is 0 Å². The van der Waals surface area contributed by atoms with Crippen LogP contribution in [-0.2, 0) is 6.54 Å². The van der Waals surface area contributed by atoms with Gasteiger partial charge in [-0.1, -0.05) is 0 Å². The molecule has 0 fully saturated rings. The number of aryl methyl sites for hydroxylation is 2. The molecule has 0 radical (unpaired) electrons. The van der Waals surface area contributed by atoms with Crippen LogP contribution in [0.1, 0.15) is 11.3 Å². The smallest absolute Gasteiger partial charge is 0.0547 e. The van der Waals surface area contributed by atoms with Gasteiger partial charge in [-0.3, -0.25) is 4.68 Å². The summed E-state index contributed by atoms with van der Waals surface area (Å²) < 4.78 is 1.92. The van der Waals surface area contributed by atoms with Crippen molar-refractivity contribution in [1.29, 1.82) is 0 Å². The van der Waals surface area contributed by atoms with Gasteiger partial charge in [0, 0.05) is 11.6 Å². The van der Waals surface area contributed by atoms with E-state index in [-0.39, 0.29) is 0 Å². The molecule has 0 N–H and O–H groups in total. The van der Waals surface area contributed by atoms with Gasteiger partial charge >= 0.3 is 0 Å². The van der Waals surface area contributed by atoms with Crippen molar-refractivity contribution >= 4 is 11.6 Å². The predicted molar refractivity (Wildman–Crippen MR) is 42.4 cm³/mol. The highest BCUT2D eigenvalue weighted by Crippen LogP contribution is 2.04. The van der Waals surface area contributed by atoms with E-state index >= 15 is 0 Å². The van der Waals surface area contributed by atoms with Crippen molar-refractivity contribution < 1.29 is 0 Å². The summed E-state index contributed by atoms with van der Waals surface area (Å²) in [5.41, 5.74) is 2.44. The third-order valence-corrected chi connectivity index (χ3v) is 1.81. The zero-order valence-electron chi connectivity index (χ0n) is 6.26. The highest BCUT2D eigenvalue weighted by molar-refractivity contribution is 6.17. The van der Waals surface area contributed by atoms with Crippen LogP contribution in [0.5, 0.6) is 0 Å². The van der Waals surface area contributed by atoms with Crippen molar-refractivity contribution in [2.45, 2.75) is 20.4 Å². The summed E-state index contributed by atoms with van der Waals surface area (Å²) in [7, 11) is 0. The van der Waals surface area contributed by atoms with E-state index in [0.717, 1.165) is 6.54 Å². The summed E-state index contributed by atoms with van der Waals surface area (Å²) in [4.78, 5) is 0. The SMILES string of the molecule is Cc1cnn(CCCl)c1C. The molecule has 0 saturated carbocycles. The molecule has 0 aliphatic heterocycles. The first-order chi connectivity index (χ1) is 4.75. The Morgan fingerprint density at radius 3 is 2.70 bits per heavy atom. The lowest BCUT2D eigenvalue weighted by Gasteiger charge is -1.99. The molecule has 0 aliphatic rings. The van der Waals surface area contributed by atoms with Gasteiger partial charge in [0.05, 0.1) is 12.7 Å². The third kappa shape index (κ3) is 1.32. The van der Waals surface area contributed by atoms with Crippen LogP contribution in [0.25, 0.3) is 0 Å². The fourth-order valence-corrected chi connectivity index (χ4v) is 1.01. The largest absolute Gasteiger partial charge is 0.268 e. The number of hydrogen-bond donors (Lipinski definition) is 0. The lowest BCUT2D eigenvalue weighted by atomic mass is 10.3. The Hall–Kier alpha value is -0.500. The molecule has 0 bridgehead atoms. The molecule has 0 amide bonds. The van der Waals surface area contributed by atoms with Crippen LogP contribution in [0.15, 0.2) is 6.20 Å². The van der Waals surface area contributed by atoms with Crippen molar-refractivity contribution in [1.82, 2.24) is 9.78 Å². The maximum absolute atomic E-state index is 5.56. The second-order valence-electron chi connectivity index (χ2n) is 2.33. The van der Waals surface area contributed by atoms with Gasteiger partial charge in [0.15, 0.2) is 0 Å². The van der Waals surface area contributed by atoms with E-state index in [0.29, 0.717) is 5.88 Å². The summed E-state index contributed by atoms with van der Waals surface area (Å²) in [6.45, 7) is 4.91. The highest BCUT2D eigenvalue weighted by atomic mass is 35.5. The van der Waals surface area contributed by atoms with E-state index in [1.807, 2.05) is 17.8 Å². The Morgan fingerprint density at radius 1 is 1.60 bits per heavy atom. The fourth-order valence-electron chi connectivity index (χ4n) is 0.845. The standard InChI is InChI=1S/C7H11ClN2/c1-6-5-9-10(4-3-8)7(6)2/h5H,3-4H2,1-2H3. The molecule has 1 rings (SSSR count). The fraction of sp³-hybridized carbons (Fsp3) is 0.571. The van der Waals surface area contributed by atoms with E-state index in [1.54, 1.807) is 0 Å². The number of nitrogens with zero attached hydrogens (tertiary/aromatic N) is 2. The molecular weight excluding hydrogens is 148 g/mol. The first-order valence-electron chi connectivity index (χ1n) is 3.30. The molecule has 0 saturated heterocycles. The molecule has 56 valence electrons. The van der Waals surface area contributed by atoms with Crippen LogP contribution in [0, 0.1) is 13.8 Å². The number of rotatable bonds is 2. The molecule has 0 aromatic carbocycles. The van der Waals surface area contributed by atoms with Crippen molar-refractivity contribution in [2.75, 3.05) is 5.88 Å². The van der Waals surface area contributed by atoms with Crippen LogP contribution < -0.4 is 0 Å².